The Kier molecular flexibility index (Phi) is 15.2. The first-order valence-corrected chi connectivity index (χ1v) is 33.0. The summed E-state index contributed by atoms with van der Waals surface area (Å²) in [5, 5.41) is 5.83. The second-order valence-corrected chi connectivity index (χ2v) is 36.1. The summed E-state index contributed by atoms with van der Waals surface area (Å²) in [6.45, 7) is 20.4. The molecule has 0 fully saturated rings. The Morgan fingerprint density at radius 1 is 0.380 bits per heavy atom. The van der Waals surface area contributed by atoms with Crippen LogP contribution in [0.2, 0.25) is 15.1 Å². The Morgan fingerprint density at radius 2 is 0.709 bits per heavy atom. The first kappa shape index (κ1) is 54.4. The lowest BCUT2D eigenvalue weighted by Crippen LogP contribution is -2.69. The van der Waals surface area contributed by atoms with Gasteiger partial charge in [0, 0.05) is 17.7 Å². The first-order valence-electron chi connectivity index (χ1n) is 27.3. The van der Waals surface area contributed by atoms with Crippen LogP contribution in [0.4, 0.5) is 0 Å². The summed E-state index contributed by atoms with van der Waals surface area (Å²) >= 11 is 0. The Bertz CT molecular complexity index is 3570. The van der Waals surface area contributed by atoms with Gasteiger partial charge in [-0.3, -0.25) is 4.79 Å². The lowest BCUT2D eigenvalue weighted by atomic mass is 10.1. The van der Waals surface area contributed by atoms with Crippen LogP contribution in [0.1, 0.15) is 67.9 Å². The Hall–Kier alpha value is -7.96. The van der Waals surface area contributed by atoms with Gasteiger partial charge in [0.15, 0.2) is 5.76 Å². The van der Waals surface area contributed by atoms with Crippen LogP contribution in [0.5, 0.6) is 23.0 Å². The SMILES string of the molecule is CC(C)(C)[Si](Oc1ccc(-c2oc3cc(O[Si](c4ccccc4)(c4ccccc4)C(C)(C)C)cc(O[Si](c4ccccc4)(c4ccccc4)C(C)(C)C)c3c(=O)c2OCc2ccccc2)cc1)(c1ccccc1)c1ccccc1. The lowest BCUT2D eigenvalue weighted by molar-refractivity contribution is 0.297. The standard InChI is InChI=1S/C70H70O6Si3/c1-68(2,3)77(56-33-19-11-20-34-56,57-35-21-12-22-36-57)74-54-47-45-53(46-48-54)66-67(72-51-52-31-17-10-18-32-52)65(71)64-62(73-66)49-55(75-78(69(4,5)6,58-37-23-13-24-38-58)59-39-25-14-26-40-59)50-63(64)76-79(70(7,8)9,60-41-27-15-28-42-60)61-43-29-16-30-44-61/h10-50H,51H2,1-9H3. The summed E-state index contributed by atoms with van der Waals surface area (Å²) in [4.78, 5) is 16.1. The third kappa shape index (κ3) is 10.3. The number of rotatable bonds is 16. The van der Waals surface area contributed by atoms with Crippen LogP contribution in [-0.4, -0.2) is 25.0 Å². The molecule has 9 heteroatoms. The molecule has 0 aliphatic rings. The molecule has 0 aliphatic heterocycles. The van der Waals surface area contributed by atoms with Crippen LogP contribution in [0.25, 0.3) is 22.3 Å². The van der Waals surface area contributed by atoms with Crippen molar-refractivity contribution in [3.8, 4) is 34.3 Å². The maximum Gasteiger partial charge on any atom is 0.319 e. The fourth-order valence-corrected chi connectivity index (χ4v) is 24.8. The van der Waals surface area contributed by atoms with Crippen molar-refractivity contribution in [2.75, 3.05) is 0 Å². The molecule has 0 atom stereocenters. The van der Waals surface area contributed by atoms with E-state index in [1.54, 1.807) is 0 Å². The normalized spacial score (nSPS) is 12.5. The second kappa shape index (κ2) is 22.1. The van der Waals surface area contributed by atoms with Gasteiger partial charge < -0.3 is 22.4 Å². The Balaban J connectivity index is 1.23. The average molecular weight is 1090 g/mol. The molecular weight excluding hydrogens is 1020 g/mol. The van der Waals surface area contributed by atoms with Gasteiger partial charge in [0.25, 0.3) is 0 Å². The van der Waals surface area contributed by atoms with Gasteiger partial charge in [-0.25, -0.2) is 0 Å². The van der Waals surface area contributed by atoms with Crippen LogP contribution in [0, 0.1) is 0 Å². The van der Waals surface area contributed by atoms with Gasteiger partial charge >= 0.3 is 25.0 Å². The predicted octanol–water partition coefficient (Wildman–Crippen LogP) is 13.9. The highest BCUT2D eigenvalue weighted by molar-refractivity contribution is 7.01. The Morgan fingerprint density at radius 3 is 1.06 bits per heavy atom. The minimum atomic E-state index is -3.41. The molecule has 10 rings (SSSR count). The van der Waals surface area contributed by atoms with E-state index in [2.05, 4.69) is 220 Å². The van der Waals surface area contributed by atoms with Gasteiger partial charge in [-0.15, -0.1) is 0 Å². The van der Waals surface area contributed by atoms with Crippen molar-refractivity contribution < 1.29 is 22.4 Å². The molecule has 6 nitrogen and oxygen atoms in total. The van der Waals surface area contributed by atoms with Gasteiger partial charge in [-0.2, -0.15) is 0 Å². The molecular formula is C70H70O6Si3. The highest BCUT2D eigenvalue weighted by Crippen LogP contribution is 2.45. The van der Waals surface area contributed by atoms with Gasteiger partial charge in [0.2, 0.25) is 11.2 Å². The molecule has 398 valence electrons. The van der Waals surface area contributed by atoms with E-state index in [1.807, 2.05) is 91.0 Å². The Labute approximate surface area is 469 Å². The fraction of sp³-hybridized carbons (Fsp3) is 0.186. The molecule has 0 saturated heterocycles. The molecule has 1 heterocycles. The molecule has 0 N–H and O–H groups in total. The predicted molar refractivity (Wildman–Crippen MR) is 333 cm³/mol. The van der Waals surface area contributed by atoms with Crippen LogP contribution in [0.15, 0.2) is 258 Å². The van der Waals surface area contributed by atoms with Crippen LogP contribution >= 0.6 is 0 Å². The summed E-state index contributed by atoms with van der Waals surface area (Å²) in [6.07, 6.45) is 0. The number of benzene rings is 9. The van der Waals surface area contributed by atoms with Crippen LogP contribution in [0.3, 0.4) is 0 Å². The van der Waals surface area contributed by atoms with E-state index in [4.69, 9.17) is 22.4 Å². The molecule has 79 heavy (non-hydrogen) atoms. The van der Waals surface area contributed by atoms with E-state index in [0.29, 0.717) is 28.4 Å². The third-order valence-electron chi connectivity index (χ3n) is 15.3. The molecule has 0 aliphatic carbocycles. The molecule has 0 radical (unpaired) electrons. The molecule has 0 saturated carbocycles. The van der Waals surface area contributed by atoms with Crippen molar-refractivity contribution in [3.05, 3.63) is 265 Å². The van der Waals surface area contributed by atoms with Crippen LogP contribution in [-0.2, 0) is 6.61 Å². The van der Waals surface area contributed by atoms with Gasteiger partial charge in [0.1, 0.15) is 34.8 Å². The molecule has 0 bridgehead atoms. The van der Waals surface area contributed by atoms with Crippen molar-refractivity contribution >= 4 is 67.0 Å². The monoisotopic (exact) mass is 1090 g/mol. The topological polar surface area (TPSA) is 67.1 Å². The maximum atomic E-state index is 16.1. The number of hydrogen-bond acceptors (Lipinski definition) is 6. The average Bonchev–Trinajstić information content (AvgIpc) is 3.55. The molecule has 0 unspecified atom stereocenters. The zero-order valence-corrected chi connectivity index (χ0v) is 49.8. The van der Waals surface area contributed by atoms with Crippen molar-refractivity contribution in [2.45, 2.75) is 84.0 Å². The molecule has 10 aromatic rings. The van der Waals surface area contributed by atoms with E-state index in [9.17, 15) is 0 Å². The fourth-order valence-electron chi connectivity index (χ4n) is 11.6. The van der Waals surface area contributed by atoms with Gasteiger partial charge in [-0.1, -0.05) is 275 Å². The zero-order valence-electron chi connectivity index (χ0n) is 46.8. The molecule has 9 aromatic carbocycles. The van der Waals surface area contributed by atoms with Gasteiger partial charge in [0.05, 0.1) is 0 Å². The van der Waals surface area contributed by atoms with Crippen molar-refractivity contribution in [1.82, 2.24) is 0 Å². The third-order valence-corrected chi connectivity index (χ3v) is 30.1. The second-order valence-electron chi connectivity index (χ2n) is 23.5. The summed E-state index contributed by atoms with van der Waals surface area (Å²) in [7, 11) is -9.66. The highest BCUT2D eigenvalue weighted by atomic mass is 28.4. The largest absolute Gasteiger partial charge is 0.534 e. The maximum absolute atomic E-state index is 16.1. The van der Waals surface area contributed by atoms with Crippen molar-refractivity contribution in [1.29, 1.82) is 0 Å². The number of ether oxygens (including phenoxy) is 1. The molecule has 0 spiro atoms. The van der Waals surface area contributed by atoms with Crippen molar-refractivity contribution in [2.24, 2.45) is 0 Å². The van der Waals surface area contributed by atoms with E-state index in [-0.39, 0.29) is 39.0 Å². The minimum absolute atomic E-state index is 0.0740. The summed E-state index contributed by atoms with van der Waals surface area (Å²) < 4.78 is 37.4. The van der Waals surface area contributed by atoms with Crippen LogP contribution < -0.4 is 54.6 Å². The quantitative estimate of drug-likeness (QED) is 0.0898. The summed E-state index contributed by atoms with van der Waals surface area (Å²) in [5.74, 6) is 1.94. The van der Waals surface area contributed by atoms with E-state index < -0.39 is 30.0 Å². The number of fused-ring (bicyclic) bond motifs is 1. The number of hydrogen-bond donors (Lipinski definition) is 0. The summed E-state index contributed by atoms with van der Waals surface area (Å²) in [6, 6.07) is 85.0. The van der Waals surface area contributed by atoms with E-state index in [1.165, 1.54) is 10.4 Å². The van der Waals surface area contributed by atoms with Gasteiger partial charge in [-0.05, 0) is 76.1 Å². The van der Waals surface area contributed by atoms with E-state index in [0.717, 1.165) is 26.3 Å². The molecule has 1 aromatic heterocycles. The van der Waals surface area contributed by atoms with Crippen molar-refractivity contribution in [3.63, 3.8) is 0 Å². The van der Waals surface area contributed by atoms with E-state index >= 15 is 4.79 Å². The first-order chi connectivity index (χ1) is 38.0. The minimum Gasteiger partial charge on any atom is -0.534 e. The smallest absolute Gasteiger partial charge is 0.319 e. The molecule has 0 amide bonds. The summed E-state index contributed by atoms with van der Waals surface area (Å²) in [5.41, 5.74) is 1.50. The zero-order chi connectivity index (χ0) is 55.5. The lowest BCUT2D eigenvalue weighted by Gasteiger charge is -2.44. The highest BCUT2D eigenvalue weighted by Gasteiger charge is 2.55.